The number of hydrogen-bond acceptors (Lipinski definition) is 5. The third-order valence-corrected chi connectivity index (χ3v) is 3.41. The van der Waals surface area contributed by atoms with Crippen LogP contribution in [0.3, 0.4) is 0 Å². The van der Waals surface area contributed by atoms with Gasteiger partial charge in [-0.05, 0) is 37.3 Å². The van der Waals surface area contributed by atoms with Crippen molar-refractivity contribution in [1.82, 2.24) is 5.32 Å². The van der Waals surface area contributed by atoms with Gasteiger partial charge in [0, 0.05) is 18.5 Å². The fraction of sp³-hybridized carbons (Fsp3) is 0.353. The van der Waals surface area contributed by atoms with Gasteiger partial charge in [-0.3, -0.25) is 4.79 Å². The van der Waals surface area contributed by atoms with Gasteiger partial charge in [-0.2, -0.15) is 0 Å². The lowest BCUT2D eigenvalue weighted by Gasteiger charge is -2.22. The van der Waals surface area contributed by atoms with Gasteiger partial charge >= 0.3 is 0 Å². The van der Waals surface area contributed by atoms with Gasteiger partial charge in [-0.15, -0.1) is 0 Å². The summed E-state index contributed by atoms with van der Waals surface area (Å²) in [7, 11) is 3.04. The molecule has 1 heterocycles. The summed E-state index contributed by atoms with van der Waals surface area (Å²) in [5.74, 6) is 1.39. The number of rotatable bonds is 7. The molecule has 0 bridgehead atoms. The summed E-state index contributed by atoms with van der Waals surface area (Å²) in [4.78, 5) is 12.2. The Balaban J connectivity index is 1.98. The van der Waals surface area contributed by atoms with Crippen LogP contribution in [0, 0.1) is 0 Å². The molecule has 124 valence electrons. The average Bonchev–Trinajstić information content (AvgIpc) is 3.04. The molecule has 2 rings (SSSR count). The van der Waals surface area contributed by atoms with Crippen molar-refractivity contribution in [2.75, 3.05) is 20.8 Å². The van der Waals surface area contributed by atoms with E-state index in [0.29, 0.717) is 29.2 Å². The van der Waals surface area contributed by atoms with Crippen LogP contribution in [0.1, 0.15) is 23.0 Å². The Morgan fingerprint density at radius 3 is 2.61 bits per heavy atom. The maximum absolute atomic E-state index is 12.2. The van der Waals surface area contributed by atoms with Crippen molar-refractivity contribution in [2.45, 2.75) is 18.9 Å². The quantitative estimate of drug-likeness (QED) is 0.816. The van der Waals surface area contributed by atoms with Gasteiger partial charge in [0.05, 0.1) is 26.1 Å². The topological polar surface area (TPSA) is 80.9 Å². The number of ether oxygens (including phenoxy) is 2. The number of hydrogen-bond donors (Lipinski definition) is 2. The van der Waals surface area contributed by atoms with E-state index in [-0.39, 0.29) is 12.5 Å². The van der Waals surface area contributed by atoms with Crippen LogP contribution < -0.4 is 14.8 Å². The number of nitrogens with one attached hydrogen (secondary N) is 1. The molecule has 2 N–H and O–H groups in total. The molecule has 1 aromatic carbocycles. The van der Waals surface area contributed by atoms with E-state index in [1.54, 1.807) is 43.5 Å². The summed E-state index contributed by atoms with van der Waals surface area (Å²) < 4.78 is 15.5. The Labute approximate surface area is 135 Å². The Morgan fingerprint density at radius 2 is 2.00 bits per heavy atom. The molecule has 2 aromatic rings. The number of carbonyl (C=O) groups excluding carboxylic acids is 1. The third-order valence-electron chi connectivity index (χ3n) is 3.41. The van der Waals surface area contributed by atoms with Crippen molar-refractivity contribution in [1.29, 1.82) is 0 Å². The molecule has 0 aliphatic rings. The second-order valence-corrected chi connectivity index (χ2v) is 5.51. The zero-order valence-corrected chi connectivity index (χ0v) is 13.5. The molecule has 0 spiro atoms. The normalized spacial score (nSPS) is 13.2. The number of aliphatic hydroxyl groups is 1. The maximum atomic E-state index is 12.2. The van der Waals surface area contributed by atoms with E-state index in [2.05, 4.69) is 5.32 Å². The van der Waals surface area contributed by atoms with Crippen molar-refractivity contribution in [2.24, 2.45) is 0 Å². The number of benzene rings is 1. The Kier molecular flexibility index (Phi) is 5.28. The van der Waals surface area contributed by atoms with Crippen LogP contribution in [0.25, 0.3) is 0 Å². The van der Waals surface area contributed by atoms with Gasteiger partial charge in [0.1, 0.15) is 5.76 Å². The van der Waals surface area contributed by atoms with Gasteiger partial charge in [0.15, 0.2) is 11.5 Å². The minimum Gasteiger partial charge on any atom is -0.493 e. The zero-order chi connectivity index (χ0) is 16.9. The standard InChI is InChI=1S/C17H21NO5/c1-17(20,10-13-5-4-8-23-13)11-18-16(19)12-6-7-14(21-2)15(9-12)22-3/h4-9,20H,10-11H2,1-3H3,(H,18,19). The number of methoxy groups -OCH3 is 2. The predicted octanol–water partition coefficient (Wildman–Crippen LogP) is 2.02. The van der Waals surface area contributed by atoms with Gasteiger partial charge in [-0.25, -0.2) is 0 Å². The highest BCUT2D eigenvalue weighted by Crippen LogP contribution is 2.27. The second-order valence-electron chi connectivity index (χ2n) is 5.51. The predicted molar refractivity (Wildman–Crippen MR) is 84.9 cm³/mol. The second kappa shape index (κ2) is 7.19. The molecule has 0 aliphatic heterocycles. The summed E-state index contributed by atoms with van der Waals surface area (Å²) in [6.07, 6.45) is 1.86. The van der Waals surface area contributed by atoms with Gasteiger partial charge in [-0.1, -0.05) is 0 Å². The maximum Gasteiger partial charge on any atom is 0.251 e. The van der Waals surface area contributed by atoms with E-state index < -0.39 is 5.60 Å². The summed E-state index contributed by atoms with van der Waals surface area (Å²) in [5.41, 5.74) is -0.680. The SMILES string of the molecule is COc1ccc(C(=O)NCC(C)(O)Cc2ccco2)cc1OC. The van der Waals surface area contributed by atoms with Crippen LogP contribution in [0.5, 0.6) is 11.5 Å². The summed E-state index contributed by atoms with van der Waals surface area (Å²) in [5, 5.41) is 13.1. The average molecular weight is 319 g/mol. The van der Waals surface area contributed by atoms with E-state index in [1.807, 2.05) is 0 Å². The lowest BCUT2D eigenvalue weighted by molar-refractivity contribution is 0.0510. The third kappa shape index (κ3) is 4.50. The smallest absolute Gasteiger partial charge is 0.251 e. The summed E-state index contributed by atoms with van der Waals surface area (Å²) in [6, 6.07) is 8.43. The molecular formula is C17H21NO5. The van der Waals surface area contributed by atoms with Crippen molar-refractivity contribution in [3.05, 3.63) is 47.9 Å². The van der Waals surface area contributed by atoms with Crippen LogP contribution in [-0.4, -0.2) is 37.4 Å². The Bertz CT molecular complexity index is 649. The molecule has 1 unspecified atom stereocenters. The lowest BCUT2D eigenvalue weighted by Crippen LogP contribution is -2.42. The van der Waals surface area contributed by atoms with Gasteiger partial charge in [0.25, 0.3) is 5.91 Å². The molecule has 1 atom stereocenters. The first-order chi connectivity index (χ1) is 10.9. The van der Waals surface area contributed by atoms with Crippen molar-refractivity contribution in [3.8, 4) is 11.5 Å². The first kappa shape index (κ1) is 16.9. The summed E-state index contributed by atoms with van der Waals surface area (Å²) in [6.45, 7) is 1.74. The molecule has 6 heteroatoms. The first-order valence-electron chi connectivity index (χ1n) is 7.20. The highest BCUT2D eigenvalue weighted by Gasteiger charge is 2.23. The fourth-order valence-corrected chi connectivity index (χ4v) is 2.20. The Morgan fingerprint density at radius 1 is 1.26 bits per heavy atom. The molecule has 1 aromatic heterocycles. The molecule has 0 aliphatic carbocycles. The highest BCUT2D eigenvalue weighted by molar-refractivity contribution is 5.94. The zero-order valence-electron chi connectivity index (χ0n) is 13.5. The van der Waals surface area contributed by atoms with Gasteiger partial charge < -0.3 is 24.3 Å². The molecule has 0 radical (unpaired) electrons. The number of carbonyl (C=O) groups is 1. The molecule has 0 saturated heterocycles. The first-order valence-corrected chi connectivity index (χ1v) is 7.20. The molecule has 23 heavy (non-hydrogen) atoms. The van der Waals surface area contributed by atoms with E-state index in [0.717, 1.165) is 0 Å². The minimum atomic E-state index is -1.11. The molecule has 0 saturated carbocycles. The van der Waals surface area contributed by atoms with Crippen LogP contribution in [0.15, 0.2) is 41.0 Å². The Hall–Kier alpha value is -2.47. The monoisotopic (exact) mass is 319 g/mol. The van der Waals surface area contributed by atoms with Crippen molar-refractivity contribution >= 4 is 5.91 Å². The molecule has 1 amide bonds. The minimum absolute atomic E-state index is 0.0981. The van der Waals surface area contributed by atoms with Crippen LogP contribution in [-0.2, 0) is 6.42 Å². The van der Waals surface area contributed by atoms with E-state index in [1.165, 1.54) is 14.2 Å². The number of amides is 1. The molecular weight excluding hydrogens is 298 g/mol. The van der Waals surface area contributed by atoms with Crippen LogP contribution >= 0.6 is 0 Å². The fourth-order valence-electron chi connectivity index (χ4n) is 2.20. The van der Waals surface area contributed by atoms with Crippen molar-refractivity contribution in [3.63, 3.8) is 0 Å². The summed E-state index contributed by atoms with van der Waals surface area (Å²) >= 11 is 0. The van der Waals surface area contributed by atoms with Crippen LogP contribution in [0.4, 0.5) is 0 Å². The van der Waals surface area contributed by atoms with Crippen molar-refractivity contribution < 1.29 is 23.8 Å². The molecule has 0 fully saturated rings. The van der Waals surface area contributed by atoms with Crippen LogP contribution in [0.2, 0.25) is 0 Å². The lowest BCUT2D eigenvalue weighted by atomic mass is 10.0. The largest absolute Gasteiger partial charge is 0.493 e. The van der Waals surface area contributed by atoms with E-state index in [4.69, 9.17) is 13.9 Å². The van der Waals surface area contributed by atoms with Gasteiger partial charge in [0.2, 0.25) is 0 Å². The van der Waals surface area contributed by atoms with E-state index in [9.17, 15) is 9.90 Å². The van der Waals surface area contributed by atoms with E-state index >= 15 is 0 Å². The number of furan rings is 1. The highest BCUT2D eigenvalue weighted by atomic mass is 16.5. The molecule has 6 nitrogen and oxygen atoms in total.